The van der Waals surface area contributed by atoms with Gasteiger partial charge in [0.05, 0.1) is 18.9 Å². The molecule has 0 bridgehead atoms. The Bertz CT molecular complexity index is 831. The molecule has 6 heteroatoms. The maximum absolute atomic E-state index is 6.27. The van der Waals surface area contributed by atoms with Crippen LogP contribution in [0.25, 0.3) is 11.3 Å². The smallest absolute Gasteiger partial charge is 0.217 e. The number of rotatable bonds is 7. The maximum atomic E-state index is 6.27. The maximum Gasteiger partial charge on any atom is 0.217 e. The first-order valence-corrected chi connectivity index (χ1v) is 10.8. The molecule has 0 amide bonds. The highest BCUT2D eigenvalue weighted by molar-refractivity contribution is 5.61. The summed E-state index contributed by atoms with van der Waals surface area (Å²) < 4.78 is 12.2. The lowest BCUT2D eigenvalue weighted by Gasteiger charge is -2.46. The summed E-state index contributed by atoms with van der Waals surface area (Å²) in [7, 11) is 0. The van der Waals surface area contributed by atoms with E-state index in [1.807, 2.05) is 18.2 Å². The lowest BCUT2D eigenvalue weighted by atomic mass is 9.76. The fourth-order valence-electron chi connectivity index (χ4n) is 4.46. The summed E-state index contributed by atoms with van der Waals surface area (Å²) in [6.07, 6.45) is 3.88. The van der Waals surface area contributed by atoms with Gasteiger partial charge in [0.15, 0.2) is 0 Å². The molecular formula is C24H36N4O2. The molecule has 3 N–H and O–H groups in total. The van der Waals surface area contributed by atoms with Crippen LogP contribution in [0.15, 0.2) is 30.5 Å². The number of hydrogen-bond acceptors (Lipinski definition) is 6. The largest absolute Gasteiger partial charge is 0.493 e. The van der Waals surface area contributed by atoms with Gasteiger partial charge in [0.2, 0.25) is 5.88 Å². The number of nitrogens with zero attached hydrogens (tertiary/aromatic N) is 2. The van der Waals surface area contributed by atoms with Crippen molar-refractivity contribution in [1.82, 2.24) is 15.3 Å². The predicted octanol–water partition coefficient (Wildman–Crippen LogP) is 4.70. The van der Waals surface area contributed by atoms with Crippen LogP contribution in [0, 0.1) is 11.8 Å². The standard InChI is InChI=1S/C24H36N4O2/c1-16(2)14-30-22-10-19(9-20(27-22)18-7-8-21(25)26-13-18)29-15-17-11-23(3,4)28-24(5,6)12-17/h7-10,13,16-17,28H,11-12,14-15H2,1-6H3,(H2,25,26). The first kappa shape index (κ1) is 22.3. The highest BCUT2D eigenvalue weighted by Crippen LogP contribution is 2.34. The zero-order chi connectivity index (χ0) is 21.9. The van der Waals surface area contributed by atoms with E-state index in [1.54, 1.807) is 12.3 Å². The van der Waals surface area contributed by atoms with Crippen LogP contribution in [-0.4, -0.2) is 34.3 Å². The minimum atomic E-state index is 0.0976. The third kappa shape index (κ3) is 6.33. The van der Waals surface area contributed by atoms with Gasteiger partial charge in [-0.25, -0.2) is 9.97 Å². The molecule has 0 radical (unpaired) electrons. The Hall–Kier alpha value is -2.34. The summed E-state index contributed by atoms with van der Waals surface area (Å²) in [6, 6.07) is 7.53. The van der Waals surface area contributed by atoms with Gasteiger partial charge >= 0.3 is 0 Å². The quantitative estimate of drug-likeness (QED) is 0.686. The fraction of sp³-hybridized carbons (Fsp3) is 0.583. The minimum Gasteiger partial charge on any atom is -0.493 e. The van der Waals surface area contributed by atoms with Crippen molar-refractivity contribution in [2.45, 2.75) is 65.5 Å². The van der Waals surface area contributed by atoms with Crippen LogP contribution in [0.2, 0.25) is 0 Å². The molecular weight excluding hydrogens is 376 g/mol. The van der Waals surface area contributed by atoms with Gasteiger partial charge in [0.25, 0.3) is 0 Å². The van der Waals surface area contributed by atoms with Crippen molar-refractivity contribution in [1.29, 1.82) is 0 Å². The molecule has 1 aliphatic heterocycles. The van der Waals surface area contributed by atoms with Crippen molar-refractivity contribution in [2.24, 2.45) is 11.8 Å². The summed E-state index contributed by atoms with van der Waals surface area (Å²) >= 11 is 0. The van der Waals surface area contributed by atoms with E-state index in [4.69, 9.17) is 15.2 Å². The first-order valence-electron chi connectivity index (χ1n) is 10.8. The highest BCUT2D eigenvalue weighted by Gasteiger charge is 2.37. The number of nitrogen functional groups attached to an aromatic ring is 1. The first-order chi connectivity index (χ1) is 14.0. The fourth-order valence-corrected chi connectivity index (χ4v) is 4.46. The second kappa shape index (κ2) is 8.80. The zero-order valence-corrected chi connectivity index (χ0v) is 19.2. The number of aromatic nitrogens is 2. The molecule has 3 heterocycles. The Kier molecular flexibility index (Phi) is 6.56. The third-order valence-corrected chi connectivity index (χ3v) is 5.18. The van der Waals surface area contributed by atoms with Crippen LogP contribution in [-0.2, 0) is 0 Å². The van der Waals surface area contributed by atoms with Crippen molar-refractivity contribution in [3.8, 4) is 22.9 Å². The Morgan fingerprint density at radius 2 is 1.80 bits per heavy atom. The van der Waals surface area contributed by atoms with Gasteiger partial charge in [-0.1, -0.05) is 13.8 Å². The van der Waals surface area contributed by atoms with Gasteiger partial charge in [-0.2, -0.15) is 0 Å². The van der Waals surface area contributed by atoms with Gasteiger partial charge in [-0.15, -0.1) is 0 Å². The molecule has 30 heavy (non-hydrogen) atoms. The summed E-state index contributed by atoms with van der Waals surface area (Å²) in [4.78, 5) is 8.84. The lowest BCUT2D eigenvalue weighted by Crippen LogP contribution is -2.58. The van der Waals surface area contributed by atoms with Gasteiger partial charge < -0.3 is 20.5 Å². The van der Waals surface area contributed by atoms with Crippen LogP contribution in [0.4, 0.5) is 5.82 Å². The lowest BCUT2D eigenvalue weighted by molar-refractivity contribution is 0.0933. The zero-order valence-electron chi connectivity index (χ0n) is 19.2. The summed E-state index contributed by atoms with van der Waals surface area (Å²) in [5, 5.41) is 3.73. The second-order valence-electron chi connectivity index (χ2n) is 10.2. The summed E-state index contributed by atoms with van der Waals surface area (Å²) in [5.41, 5.74) is 7.58. The van der Waals surface area contributed by atoms with E-state index in [0.717, 1.165) is 29.8 Å². The van der Waals surface area contributed by atoms with Crippen molar-refractivity contribution < 1.29 is 9.47 Å². The number of hydrogen-bond donors (Lipinski definition) is 2. The molecule has 6 nitrogen and oxygen atoms in total. The Morgan fingerprint density at radius 3 is 2.40 bits per heavy atom. The number of pyridine rings is 2. The minimum absolute atomic E-state index is 0.0976. The monoisotopic (exact) mass is 412 g/mol. The average molecular weight is 413 g/mol. The number of nitrogens with one attached hydrogen (secondary N) is 1. The normalized spacial score (nSPS) is 18.4. The summed E-state index contributed by atoms with van der Waals surface area (Å²) in [5.74, 6) is 2.71. The second-order valence-corrected chi connectivity index (χ2v) is 10.2. The number of nitrogens with two attached hydrogens (primary N) is 1. The van der Waals surface area contributed by atoms with Crippen LogP contribution in [0.3, 0.4) is 0 Å². The van der Waals surface area contributed by atoms with E-state index >= 15 is 0 Å². The molecule has 164 valence electrons. The third-order valence-electron chi connectivity index (χ3n) is 5.18. The van der Waals surface area contributed by atoms with E-state index in [1.165, 1.54) is 0 Å². The molecule has 0 aromatic carbocycles. The molecule has 0 spiro atoms. The van der Waals surface area contributed by atoms with Crippen LogP contribution in [0.5, 0.6) is 11.6 Å². The summed E-state index contributed by atoms with van der Waals surface area (Å²) in [6.45, 7) is 14.6. The number of ether oxygens (including phenoxy) is 2. The molecule has 1 fully saturated rings. The molecule has 1 saturated heterocycles. The number of piperidine rings is 1. The van der Waals surface area contributed by atoms with Gasteiger partial charge in [-0.05, 0) is 64.5 Å². The molecule has 0 saturated carbocycles. The Labute approximate surface area is 180 Å². The topological polar surface area (TPSA) is 82.3 Å². The van der Waals surface area contributed by atoms with E-state index in [0.29, 0.717) is 36.7 Å². The Balaban J connectivity index is 1.79. The predicted molar refractivity (Wildman–Crippen MR) is 122 cm³/mol. The van der Waals surface area contributed by atoms with Crippen molar-refractivity contribution in [3.05, 3.63) is 30.5 Å². The van der Waals surface area contributed by atoms with Crippen molar-refractivity contribution in [3.63, 3.8) is 0 Å². The molecule has 1 aliphatic rings. The van der Waals surface area contributed by atoms with Crippen LogP contribution in [0.1, 0.15) is 54.4 Å². The number of anilines is 1. The molecule has 0 atom stereocenters. The average Bonchev–Trinajstić information content (AvgIpc) is 2.63. The molecule has 0 unspecified atom stereocenters. The van der Waals surface area contributed by atoms with Crippen LogP contribution < -0.4 is 20.5 Å². The van der Waals surface area contributed by atoms with E-state index < -0.39 is 0 Å². The van der Waals surface area contributed by atoms with Crippen LogP contribution >= 0.6 is 0 Å². The Morgan fingerprint density at radius 1 is 1.10 bits per heavy atom. The van der Waals surface area contributed by atoms with Gasteiger partial charge in [0, 0.05) is 35.0 Å². The highest BCUT2D eigenvalue weighted by atomic mass is 16.5. The molecule has 3 rings (SSSR count). The van der Waals surface area contributed by atoms with Crippen molar-refractivity contribution in [2.75, 3.05) is 18.9 Å². The van der Waals surface area contributed by atoms with E-state index in [9.17, 15) is 0 Å². The SMILES string of the molecule is CC(C)COc1cc(OCC2CC(C)(C)NC(C)(C)C2)cc(-c2ccc(N)nc2)n1. The van der Waals surface area contributed by atoms with Gasteiger partial charge in [0.1, 0.15) is 11.6 Å². The van der Waals surface area contributed by atoms with Gasteiger partial charge in [-0.3, -0.25) is 0 Å². The van der Waals surface area contributed by atoms with Crippen molar-refractivity contribution >= 4 is 5.82 Å². The van der Waals surface area contributed by atoms with E-state index in [-0.39, 0.29) is 11.1 Å². The molecule has 2 aromatic rings. The molecule has 2 aromatic heterocycles. The molecule has 0 aliphatic carbocycles. The van der Waals surface area contributed by atoms with E-state index in [2.05, 4.69) is 56.8 Å².